The van der Waals surface area contributed by atoms with Gasteiger partial charge in [-0.25, -0.2) is 0 Å². The molecular weight excluding hydrogens is 264 g/mol. The van der Waals surface area contributed by atoms with E-state index in [1.165, 1.54) is 11.3 Å². The van der Waals surface area contributed by atoms with Crippen LogP contribution in [0.5, 0.6) is 0 Å². The van der Waals surface area contributed by atoms with Crippen molar-refractivity contribution < 1.29 is 5.11 Å². The fourth-order valence-corrected chi connectivity index (χ4v) is 5.38. The first kappa shape index (κ1) is 14.4. The highest BCUT2D eigenvalue weighted by Crippen LogP contribution is 2.51. The molecule has 0 saturated heterocycles. The van der Waals surface area contributed by atoms with Crippen molar-refractivity contribution in [3.63, 3.8) is 0 Å². The van der Waals surface area contributed by atoms with Crippen molar-refractivity contribution in [2.75, 3.05) is 0 Å². The standard InChI is InChI=1S/C15H23ClOS/c1-13(2)8-14(3,4)10-15(17,9-13)7-11-5-6-12(16)18-11/h5-6,17H,7-10H2,1-4H3. The molecule has 1 fully saturated rings. The summed E-state index contributed by atoms with van der Waals surface area (Å²) in [7, 11) is 0. The van der Waals surface area contributed by atoms with Crippen LogP contribution in [0.25, 0.3) is 0 Å². The predicted molar refractivity (Wildman–Crippen MR) is 79.4 cm³/mol. The lowest BCUT2D eigenvalue weighted by molar-refractivity contribution is -0.0846. The zero-order chi connectivity index (χ0) is 13.6. The topological polar surface area (TPSA) is 20.2 Å². The van der Waals surface area contributed by atoms with Gasteiger partial charge in [0, 0.05) is 11.3 Å². The molecule has 1 aromatic rings. The van der Waals surface area contributed by atoms with Gasteiger partial charge in [0.05, 0.1) is 9.94 Å². The Morgan fingerprint density at radius 3 is 2.11 bits per heavy atom. The Bertz CT molecular complexity index is 417. The van der Waals surface area contributed by atoms with Crippen LogP contribution in [-0.4, -0.2) is 10.7 Å². The van der Waals surface area contributed by atoms with Crippen molar-refractivity contribution >= 4 is 22.9 Å². The van der Waals surface area contributed by atoms with Gasteiger partial charge in [-0.05, 0) is 42.2 Å². The Kier molecular flexibility index (Phi) is 3.59. The molecule has 1 aliphatic rings. The highest BCUT2D eigenvalue weighted by Gasteiger charge is 2.46. The summed E-state index contributed by atoms with van der Waals surface area (Å²) in [6.07, 6.45) is 3.66. The fraction of sp³-hybridized carbons (Fsp3) is 0.733. The summed E-state index contributed by atoms with van der Waals surface area (Å²) >= 11 is 7.56. The monoisotopic (exact) mass is 286 g/mol. The van der Waals surface area contributed by atoms with E-state index in [-0.39, 0.29) is 10.8 Å². The van der Waals surface area contributed by atoms with Crippen LogP contribution in [-0.2, 0) is 6.42 Å². The largest absolute Gasteiger partial charge is 0.389 e. The van der Waals surface area contributed by atoms with E-state index in [4.69, 9.17) is 11.6 Å². The van der Waals surface area contributed by atoms with Gasteiger partial charge < -0.3 is 5.11 Å². The van der Waals surface area contributed by atoms with Gasteiger partial charge in [-0.2, -0.15) is 0 Å². The second-order valence-electron chi connectivity index (χ2n) is 7.47. The van der Waals surface area contributed by atoms with Crippen molar-refractivity contribution in [1.29, 1.82) is 0 Å². The molecule has 18 heavy (non-hydrogen) atoms. The van der Waals surface area contributed by atoms with E-state index in [2.05, 4.69) is 27.7 Å². The van der Waals surface area contributed by atoms with E-state index < -0.39 is 5.60 Å². The van der Waals surface area contributed by atoms with Gasteiger partial charge in [-0.15, -0.1) is 11.3 Å². The lowest BCUT2D eigenvalue weighted by atomic mass is 9.59. The van der Waals surface area contributed by atoms with E-state index in [1.807, 2.05) is 12.1 Å². The molecule has 1 N–H and O–H groups in total. The van der Waals surface area contributed by atoms with Gasteiger partial charge >= 0.3 is 0 Å². The minimum Gasteiger partial charge on any atom is -0.389 e. The third-order valence-corrected chi connectivity index (χ3v) is 4.94. The Labute approximate surface area is 119 Å². The SMILES string of the molecule is CC1(C)CC(C)(C)CC(O)(Cc2ccc(Cl)s2)C1. The van der Waals surface area contributed by atoms with Crippen LogP contribution in [0.2, 0.25) is 4.34 Å². The Morgan fingerprint density at radius 1 is 1.11 bits per heavy atom. The predicted octanol–water partition coefficient (Wildman–Crippen LogP) is 4.91. The van der Waals surface area contributed by atoms with Gasteiger partial charge in [-0.1, -0.05) is 39.3 Å². The van der Waals surface area contributed by atoms with Crippen LogP contribution in [0, 0.1) is 10.8 Å². The summed E-state index contributed by atoms with van der Waals surface area (Å²) in [5.41, 5.74) is -0.172. The zero-order valence-electron chi connectivity index (χ0n) is 11.7. The van der Waals surface area contributed by atoms with Crippen LogP contribution in [0.1, 0.15) is 51.8 Å². The average Bonchev–Trinajstić information content (AvgIpc) is 2.42. The lowest BCUT2D eigenvalue weighted by Crippen LogP contribution is -2.47. The third-order valence-electron chi connectivity index (χ3n) is 3.70. The van der Waals surface area contributed by atoms with Crippen LogP contribution >= 0.6 is 22.9 Å². The van der Waals surface area contributed by atoms with Gasteiger partial charge in [0.2, 0.25) is 0 Å². The smallest absolute Gasteiger partial charge is 0.0931 e. The summed E-state index contributed by atoms with van der Waals surface area (Å²) in [6, 6.07) is 3.96. The molecule has 0 radical (unpaired) electrons. The van der Waals surface area contributed by atoms with Gasteiger partial charge in [0.15, 0.2) is 0 Å². The van der Waals surface area contributed by atoms with Crippen molar-refractivity contribution in [3.05, 3.63) is 21.3 Å². The van der Waals surface area contributed by atoms with Crippen LogP contribution in [0.15, 0.2) is 12.1 Å². The van der Waals surface area contributed by atoms with Crippen LogP contribution in [0.4, 0.5) is 0 Å². The van der Waals surface area contributed by atoms with E-state index >= 15 is 0 Å². The molecule has 0 unspecified atom stereocenters. The molecule has 0 amide bonds. The van der Waals surface area contributed by atoms with Gasteiger partial charge in [0.1, 0.15) is 0 Å². The number of hydrogen-bond donors (Lipinski definition) is 1. The first-order valence-electron chi connectivity index (χ1n) is 6.56. The minimum atomic E-state index is -0.584. The number of halogens is 1. The molecule has 1 nitrogen and oxygen atoms in total. The highest BCUT2D eigenvalue weighted by atomic mass is 35.5. The second kappa shape index (κ2) is 4.50. The van der Waals surface area contributed by atoms with E-state index in [1.54, 1.807) is 11.3 Å². The summed E-state index contributed by atoms with van der Waals surface area (Å²) in [6.45, 7) is 9.06. The highest BCUT2D eigenvalue weighted by molar-refractivity contribution is 7.16. The third kappa shape index (κ3) is 3.49. The zero-order valence-corrected chi connectivity index (χ0v) is 13.3. The van der Waals surface area contributed by atoms with E-state index in [9.17, 15) is 5.11 Å². The molecule has 1 saturated carbocycles. The first-order valence-corrected chi connectivity index (χ1v) is 7.75. The fourth-order valence-electron chi connectivity index (χ4n) is 4.16. The lowest BCUT2D eigenvalue weighted by Gasteiger charge is -2.49. The Hall–Kier alpha value is -0.0500. The van der Waals surface area contributed by atoms with Gasteiger partial charge in [0.25, 0.3) is 0 Å². The van der Waals surface area contributed by atoms with E-state index in [0.717, 1.165) is 23.6 Å². The first-order chi connectivity index (χ1) is 8.09. The van der Waals surface area contributed by atoms with Crippen molar-refractivity contribution in [2.24, 2.45) is 10.8 Å². The van der Waals surface area contributed by atoms with Crippen molar-refractivity contribution in [3.8, 4) is 0 Å². The molecule has 1 aromatic heterocycles. The van der Waals surface area contributed by atoms with Gasteiger partial charge in [-0.3, -0.25) is 0 Å². The van der Waals surface area contributed by atoms with Crippen molar-refractivity contribution in [2.45, 2.75) is 59.0 Å². The molecule has 0 aliphatic heterocycles. The van der Waals surface area contributed by atoms with Crippen molar-refractivity contribution in [1.82, 2.24) is 0 Å². The molecule has 2 rings (SSSR count). The maximum absolute atomic E-state index is 11.0. The van der Waals surface area contributed by atoms with Crippen LogP contribution < -0.4 is 0 Å². The molecule has 0 atom stereocenters. The molecule has 0 spiro atoms. The maximum Gasteiger partial charge on any atom is 0.0931 e. The van der Waals surface area contributed by atoms with Crippen LogP contribution in [0.3, 0.4) is 0 Å². The quantitative estimate of drug-likeness (QED) is 0.819. The molecular formula is C15H23ClOS. The summed E-state index contributed by atoms with van der Waals surface area (Å²) < 4.78 is 0.808. The second-order valence-corrected chi connectivity index (χ2v) is 9.27. The molecule has 1 aliphatic carbocycles. The molecule has 1 heterocycles. The summed E-state index contributed by atoms with van der Waals surface area (Å²) in [5, 5.41) is 11.0. The molecule has 102 valence electrons. The Balaban J connectivity index is 2.19. The summed E-state index contributed by atoms with van der Waals surface area (Å²) in [4.78, 5) is 1.19. The molecule has 0 aromatic carbocycles. The number of aliphatic hydroxyl groups is 1. The maximum atomic E-state index is 11.0. The Morgan fingerprint density at radius 2 is 1.67 bits per heavy atom. The average molecular weight is 287 g/mol. The number of rotatable bonds is 2. The minimum absolute atomic E-state index is 0.206. The normalized spacial score (nSPS) is 25.0. The molecule has 3 heteroatoms. The summed E-state index contributed by atoms with van der Waals surface area (Å²) in [5.74, 6) is 0. The van der Waals surface area contributed by atoms with E-state index in [0.29, 0.717) is 0 Å². The number of thiophene rings is 1. The molecule has 0 bridgehead atoms. The number of hydrogen-bond acceptors (Lipinski definition) is 2.